The van der Waals surface area contributed by atoms with E-state index in [2.05, 4.69) is 9.97 Å². The first-order chi connectivity index (χ1) is 6.59. The van der Waals surface area contributed by atoms with Crippen molar-refractivity contribution in [3.05, 3.63) is 18.5 Å². The van der Waals surface area contributed by atoms with Crippen molar-refractivity contribution in [2.75, 3.05) is 13.7 Å². The molecule has 5 nitrogen and oxygen atoms in total. The maximum absolute atomic E-state index is 11.7. The highest BCUT2D eigenvalue weighted by Crippen LogP contribution is 2.10. The summed E-state index contributed by atoms with van der Waals surface area (Å²) in [6.45, 7) is 1.70. The molecule has 0 aliphatic rings. The summed E-state index contributed by atoms with van der Waals surface area (Å²) < 4.78 is 28.2. The van der Waals surface area contributed by atoms with Crippen molar-refractivity contribution in [1.29, 1.82) is 0 Å². The molecule has 0 aromatic carbocycles. The maximum Gasteiger partial charge on any atom is 0.247 e. The Bertz CT molecular complexity index is 377. The molecule has 1 rings (SSSR count). The minimum absolute atomic E-state index is 0.139. The van der Waals surface area contributed by atoms with E-state index in [0.29, 0.717) is 0 Å². The summed E-state index contributed by atoms with van der Waals surface area (Å²) in [6, 6.07) is 1.57. The lowest BCUT2D eigenvalue weighted by atomic mass is 10.5. The van der Waals surface area contributed by atoms with Crippen LogP contribution in [-0.4, -0.2) is 37.4 Å². The highest BCUT2D eigenvalue weighted by Gasteiger charge is 2.25. The summed E-state index contributed by atoms with van der Waals surface area (Å²) in [5.74, 6) is 0. The fraction of sp³-hybridized carbons (Fsp3) is 0.500. The fourth-order valence-corrected chi connectivity index (χ4v) is 2.03. The first-order valence-corrected chi connectivity index (χ1v) is 5.63. The average molecular weight is 216 g/mol. The normalized spacial score (nSPS) is 13.9. The van der Waals surface area contributed by atoms with Gasteiger partial charge < -0.3 is 4.74 Å². The third-order valence-electron chi connectivity index (χ3n) is 1.73. The van der Waals surface area contributed by atoms with E-state index in [-0.39, 0.29) is 11.8 Å². The zero-order valence-corrected chi connectivity index (χ0v) is 8.86. The fourth-order valence-electron chi connectivity index (χ4n) is 0.937. The zero-order valence-electron chi connectivity index (χ0n) is 8.04. The Balaban J connectivity index is 2.97. The number of nitrogens with zero attached hydrogens (tertiary/aromatic N) is 2. The zero-order chi connectivity index (χ0) is 10.6. The van der Waals surface area contributed by atoms with Gasteiger partial charge in [0.25, 0.3) is 0 Å². The molecule has 0 N–H and O–H groups in total. The van der Waals surface area contributed by atoms with E-state index >= 15 is 0 Å². The maximum atomic E-state index is 11.7. The largest absolute Gasteiger partial charge is 0.383 e. The van der Waals surface area contributed by atoms with Gasteiger partial charge in [0.15, 0.2) is 0 Å². The predicted molar refractivity (Wildman–Crippen MR) is 50.6 cm³/mol. The van der Waals surface area contributed by atoms with Crippen LogP contribution in [0.4, 0.5) is 0 Å². The van der Waals surface area contributed by atoms with Gasteiger partial charge >= 0.3 is 0 Å². The van der Waals surface area contributed by atoms with E-state index in [9.17, 15) is 8.42 Å². The Labute approximate surface area is 83.1 Å². The van der Waals surface area contributed by atoms with Crippen LogP contribution in [0.5, 0.6) is 0 Å². The van der Waals surface area contributed by atoms with E-state index in [0.717, 1.165) is 0 Å². The van der Waals surface area contributed by atoms with E-state index < -0.39 is 15.1 Å². The van der Waals surface area contributed by atoms with Crippen LogP contribution in [0.2, 0.25) is 0 Å². The molecule has 14 heavy (non-hydrogen) atoms. The molecule has 0 saturated carbocycles. The minimum atomic E-state index is -3.45. The second-order valence-corrected chi connectivity index (χ2v) is 5.10. The van der Waals surface area contributed by atoms with Crippen molar-refractivity contribution in [3.8, 4) is 0 Å². The lowest BCUT2D eigenvalue weighted by molar-refractivity contribution is 0.200. The van der Waals surface area contributed by atoms with Gasteiger partial charge in [0.05, 0.1) is 11.9 Å². The van der Waals surface area contributed by atoms with Crippen LogP contribution in [-0.2, 0) is 14.6 Å². The Kier molecular flexibility index (Phi) is 3.54. The standard InChI is InChI=1S/C8H12N2O3S/c1-7(6-13-2)14(11,12)8-9-4-3-5-10-8/h3-5,7H,6H2,1-2H3. The molecule has 78 valence electrons. The van der Waals surface area contributed by atoms with Crippen molar-refractivity contribution in [2.24, 2.45) is 0 Å². The molecule has 1 aromatic rings. The van der Waals surface area contributed by atoms with Crippen molar-refractivity contribution in [3.63, 3.8) is 0 Å². The molecule has 6 heteroatoms. The Hall–Kier alpha value is -1.01. The molecule has 0 aliphatic heterocycles. The highest BCUT2D eigenvalue weighted by atomic mass is 32.2. The number of methoxy groups -OCH3 is 1. The number of hydrogen-bond acceptors (Lipinski definition) is 5. The van der Waals surface area contributed by atoms with Crippen LogP contribution in [0, 0.1) is 0 Å². The third-order valence-corrected chi connectivity index (χ3v) is 3.64. The molecule has 0 aliphatic carbocycles. The molecule has 0 amide bonds. The van der Waals surface area contributed by atoms with Crippen LogP contribution < -0.4 is 0 Å². The van der Waals surface area contributed by atoms with Crippen molar-refractivity contribution in [1.82, 2.24) is 9.97 Å². The molecule has 1 unspecified atom stereocenters. The lowest BCUT2D eigenvalue weighted by Gasteiger charge is -2.09. The molecular weight excluding hydrogens is 204 g/mol. The van der Waals surface area contributed by atoms with Gasteiger partial charge in [-0.2, -0.15) is 0 Å². The van der Waals surface area contributed by atoms with Crippen LogP contribution in [0.25, 0.3) is 0 Å². The number of aromatic nitrogens is 2. The van der Waals surface area contributed by atoms with E-state index in [1.165, 1.54) is 19.5 Å². The summed E-state index contributed by atoms with van der Waals surface area (Å²) in [5.41, 5.74) is 0. The Morgan fingerprint density at radius 2 is 2.00 bits per heavy atom. The van der Waals surface area contributed by atoms with Crippen LogP contribution >= 0.6 is 0 Å². The number of hydrogen-bond donors (Lipinski definition) is 0. The second kappa shape index (κ2) is 4.47. The smallest absolute Gasteiger partial charge is 0.247 e. The first kappa shape index (κ1) is 11.1. The number of ether oxygens (including phenoxy) is 1. The lowest BCUT2D eigenvalue weighted by Crippen LogP contribution is -2.24. The van der Waals surface area contributed by atoms with Crippen molar-refractivity contribution < 1.29 is 13.2 Å². The molecule has 1 atom stereocenters. The molecular formula is C8H12N2O3S. The van der Waals surface area contributed by atoms with Gasteiger partial charge in [-0.25, -0.2) is 18.4 Å². The minimum Gasteiger partial charge on any atom is -0.383 e. The number of rotatable bonds is 4. The predicted octanol–water partition coefficient (Wildman–Crippen LogP) is 0.285. The molecule has 1 aromatic heterocycles. The van der Waals surface area contributed by atoms with E-state index in [1.54, 1.807) is 13.0 Å². The van der Waals surface area contributed by atoms with Gasteiger partial charge in [0.1, 0.15) is 0 Å². The molecule has 0 radical (unpaired) electrons. The van der Waals surface area contributed by atoms with Crippen LogP contribution in [0.3, 0.4) is 0 Å². The molecule has 1 heterocycles. The first-order valence-electron chi connectivity index (χ1n) is 4.09. The van der Waals surface area contributed by atoms with E-state index in [1.807, 2.05) is 0 Å². The highest BCUT2D eigenvalue weighted by molar-refractivity contribution is 7.91. The van der Waals surface area contributed by atoms with Gasteiger partial charge in [-0.1, -0.05) is 0 Å². The van der Waals surface area contributed by atoms with Gasteiger partial charge in [-0.15, -0.1) is 0 Å². The second-order valence-electron chi connectivity index (χ2n) is 2.84. The van der Waals surface area contributed by atoms with Gasteiger partial charge in [0.2, 0.25) is 15.0 Å². The summed E-state index contributed by atoms with van der Waals surface area (Å²) in [6.07, 6.45) is 2.80. The number of sulfone groups is 1. The Morgan fingerprint density at radius 3 is 2.50 bits per heavy atom. The Morgan fingerprint density at radius 1 is 1.43 bits per heavy atom. The van der Waals surface area contributed by atoms with Crippen molar-refractivity contribution in [2.45, 2.75) is 17.3 Å². The summed E-state index contributed by atoms with van der Waals surface area (Å²) in [5, 5.41) is -0.778. The summed E-state index contributed by atoms with van der Waals surface area (Å²) >= 11 is 0. The summed E-state index contributed by atoms with van der Waals surface area (Å²) in [4.78, 5) is 7.40. The third kappa shape index (κ3) is 2.27. The van der Waals surface area contributed by atoms with Gasteiger partial charge in [-0.05, 0) is 13.0 Å². The summed E-state index contributed by atoms with van der Waals surface area (Å²) in [7, 11) is -1.99. The average Bonchev–Trinajstić information content (AvgIpc) is 2.19. The van der Waals surface area contributed by atoms with E-state index in [4.69, 9.17) is 4.74 Å². The van der Waals surface area contributed by atoms with Gasteiger partial charge in [-0.3, -0.25) is 0 Å². The van der Waals surface area contributed by atoms with Crippen LogP contribution in [0.15, 0.2) is 23.6 Å². The van der Waals surface area contributed by atoms with Crippen molar-refractivity contribution >= 4 is 9.84 Å². The van der Waals surface area contributed by atoms with Crippen LogP contribution in [0.1, 0.15) is 6.92 Å². The van der Waals surface area contributed by atoms with Gasteiger partial charge in [0, 0.05) is 19.5 Å². The quantitative estimate of drug-likeness (QED) is 0.676. The molecule has 0 fully saturated rings. The molecule has 0 spiro atoms. The SMILES string of the molecule is COCC(C)S(=O)(=O)c1ncccn1. The molecule has 0 saturated heterocycles. The molecule has 0 bridgehead atoms. The topological polar surface area (TPSA) is 69.2 Å². The monoisotopic (exact) mass is 216 g/mol.